The molecule has 1 aromatic heterocycles. The number of carbonyl (C=O) groups excluding carboxylic acids is 2. The van der Waals surface area contributed by atoms with Crippen LogP contribution in [0.25, 0.3) is 5.57 Å². The van der Waals surface area contributed by atoms with Crippen molar-refractivity contribution < 1.29 is 33.6 Å². The monoisotopic (exact) mass is 545 g/mol. The van der Waals surface area contributed by atoms with Gasteiger partial charge in [-0.3, -0.25) is 4.98 Å². The Labute approximate surface area is 234 Å². The predicted molar refractivity (Wildman–Crippen MR) is 152 cm³/mol. The number of methoxy groups -OCH3 is 2. The lowest BCUT2D eigenvalue weighted by Gasteiger charge is -2.21. The van der Waals surface area contributed by atoms with E-state index in [4.69, 9.17) is 24.1 Å². The quantitative estimate of drug-likeness (QED) is 0.211. The van der Waals surface area contributed by atoms with Crippen LogP contribution in [-0.2, 0) is 9.47 Å². The number of aromatic nitrogens is 1. The highest BCUT2D eigenvalue weighted by atomic mass is 16.5. The fraction of sp³-hybridized carbons (Fsp3) is 0.281. The molecule has 1 atom stereocenters. The van der Waals surface area contributed by atoms with Crippen LogP contribution in [-0.4, -0.2) is 49.5 Å². The summed E-state index contributed by atoms with van der Waals surface area (Å²) in [6, 6.07) is 15.4. The van der Waals surface area contributed by atoms with Crippen LogP contribution in [0.1, 0.15) is 58.2 Å². The molecule has 3 aromatic rings. The third-order valence-electron chi connectivity index (χ3n) is 6.24. The lowest BCUT2D eigenvalue weighted by molar-refractivity contribution is 0.0302. The number of benzene rings is 2. The number of hydrogen-bond donors (Lipinski definition) is 1. The standard InChI is InChI=1S/C32H35NO7/c1-21(2)22(3)27(28-20-25(31(35)38-5)9-11-30(28)37-4)10-12-29(40-32(36)23-13-15-33-16-14-23)24-7-6-8-26(19-24)39-18-17-34/h6-11,13-16,19-21,29,34H,3,12,17-18H2,1-2,4-5H3/b27-10-/t29-/m0/s1. The van der Waals surface area contributed by atoms with Crippen molar-refractivity contribution in [2.75, 3.05) is 27.4 Å². The molecule has 40 heavy (non-hydrogen) atoms. The minimum Gasteiger partial charge on any atom is -0.496 e. The molecule has 0 amide bonds. The molecule has 0 aliphatic heterocycles. The summed E-state index contributed by atoms with van der Waals surface area (Å²) in [6.45, 7) is 8.37. The Morgan fingerprint density at radius 1 is 1.00 bits per heavy atom. The summed E-state index contributed by atoms with van der Waals surface area (Å²) in [5.41, 5.74) is 3.70. The molecule has 0 saturated heterocycles. The van der Waals surface area contributed by atoms with Crippen LogP contribution in [0.3, 0.4) is 0 Å². The van der Waals surface area contributed by atoms with E-state index in [1.54, 1.807) is 55.6 Å². The Morgan fingerprint density at radius 3 is 2.40 bits per heavy atom. The average Bonchev–Trinajstić information content (AvgIpc) is 2.99. The number of esters is 2. The molecular weight excluding hydrogens is 510 g/mol. The number of rotatable bonds is 13. The normalized spacial score (nSPS) is 12.0. The Balaban J connectivity index is 2.08. The molecular formula is C32H35NO7. The van der Waals surface area contributed by atoms with Gasteiger partial charge in [0.15, 0.2) is 0 Å². The first-order chi connectivity index (χ1) is 19.3. The molecule has 8 heteroatoms. The van der Waals surface area contributed by atoms with E-state index in [9.17, 15) is 9.59 Å². The Morgan fingerprint density at radius 2 is 1.75 bits per heavy atom. The number of pyridine rings is 1. The lowest BCUT2D eigenvalue weighted by Crippen LogP contribution is -2.12. The second-order valence-electron chi connectivity index (χ2n) is 9.21. The average molecular weight is 546 g/mol. The summed E-state index contributed by atoms with van der Waals surface area (Å²) in [5, 5.41) is 9.16. The molecule has 0 aliphatic carbocycles. The van der Waals surface area contributed by atoms with Crippen molar-refractivity contribution in [3.8, 4) is 11.5 Å². The van der Waals surface area contributed by atoms with Crippen molar-refractivity contribution >= 4 is 17.5 Å². The van der Waals surface area contributed by atoms with Crippen molar-refractivity contribution in [2.45, 2.75) is 26.4 Å². The number of allylic oxidation sites excluding steroid dienone is 2. The van der Waals surface area contributed by atoms with Crippen molar-refractivity contribution in [3.05, 3.63) is 107 Å². The number of aliphatic hydroxyl groups excluding tert-OH is 1. The number of hydrogen-bond acceptors (Lipinski definition) is 8. The summed E-state index contributed by atoms with van der Waals surface area (Å²) in [7, 11) is 2.89. The van der Waals surface area contributed by atoms with Crippen LogP contribution in [0.15, 0.2) is 85.2 Å². The van der Waals surface area contributed by atoms with Gasteiger partial charge in [0.05, 0.1) is 32.0 Å². The van der Waals surface area contributed by atoms with Gasteiger partial charge in [-0.05, 0) is 65.1 Å². The van der Waals surface area contributed by atoms with Gasteiger partial charge in [-0.25, -0.2) is 9.59 Å². The van der Waals surface area contributed by atoms with Crippen molar-refractivity contribution in [3.63, 3.8) is 0 Å². The molecule has 8 nitrogen and oxygen atoms in total. The lowest BCUT2D eigenvalue weighted by atomic mass is 9.88. The molecule has 1 heterocycles. The molecule has 0 fully saturated rings. The zero-order chi connectivity index (χ0) is 29.1. The number of ether oxygens (including phenoxy) is 4. The maximum absolute atomic E-state index is 13.1. The van der Waals surface area contributed by atoms with Crippen LogP contribution >= 0.6 is 0 Å². The molecule has 0 radical (unpaired) electrons. The first-order valence-electron chi connectivity index (χ1n) is 12.9. The van der Waals surface area contributed by atoms with E-state index in [1.165, 1.54) is 19.5 Å². The highest BCUT2D eigenvalue weighted by molar-refractivity contribution is 5.93. The van der Waals surface area contributed by atoms with E-state index in [0.29, 0.717) is 33.8 Å². The number of nitrogens with zero attached hydrogens (tertiary/aromatic N) is 1. The van der Waals surface area contributed by atoms with E-state index < -0.39 is 18.0 Å². The van der Waals surface area contributed by atoms with E-state index in [0.717, 1.165) is 11.1 Å². The molecule has 0 saturated carbocycles. The predicted octanol–water partition coefficient (Wildman–Crippen LogP) is 5.83. The molecule has 3 rings (SSSR count). The Bertz CT molecular complexity index is 1350. The maximum atomic E-state index is 13.1. The minimum atomic E-state index is -0.692. The summed E-state index contributed by atoms with van der Waals surface area (Å²) in [6.07, 6.45) is 4.59. The van der Waals surface area contributed by atoms with Crippen molar-refractivity contribution in [1.29, 1.82) is 0 Å². The molecule has 2 aromatic carbocycles. The molecule has 0 spiro atoms. The molecule has 0 aliphatic rings. The summed E-state index contributed by atoms with van der Waals surface area (Å²) in [4.78, 5) is 29.4. The summed E-state index contributed by atoms with van der Waals surface area (Å²) >= 11 is 0. The van der Waals surface area contributed by atoms with Gasteiger partial charge in [-0.15, -0.1) is 0 Å². The summed E-state index contributed by atoms with van der Waals surface area (Å²) < 4.78 is 22.1. The fourth-order valence-electron chi connectivity index (χ4n) is 4.02. The highest BCUT2D eigenvalue weighted by Gasteiger charge is 2.21. The van der Waals surface area contributed by atoms with Crippen LogP contribution in [0.4, 0.5) is 0 Å². The van der Waals surface area contributed by atoms with E-state index >= 15 is 0 Å². The van der Waals surface area contributed by atoms with Gasteiger partial charge in [0.2, 0.25) is 0 Å². The van der Waals surface area contributed by atoms with Crippen LogP contribution in [0, 0.1) is 5.92 Å². The van der Waals surface area contributed by atoms with Crippen molar-refractivity contribution in [1.82, 2.24) is 4.98 Å². The molecule has 0 bridgehead atoms. The molecule has 210 valence electrons. The third kappa shape index (κ3) is 7.80. The zero-order valence-electron chi connectivity index (χ0n) is 23.3. The van der Waals surface area contributed by atoms with Gasteiger partial charge >= 0.3 is 11.9 Å². The van der Waals surface area contributed by atoms with E-state index in [-0.39, 0.29) is 25.6 Å². The SMILES string of the molecule is C=C(/C(=C/C[C@H](OC(=O)c1ccncc1)c1cccc(OCCO)c1)c1cc(C(=O)OC)ccc1OC)C(C)C. The van der Waals surface area contributed by atoms with E-state index in [2.05, 4.69) is 11.6 Å². The van der Waals surface area contributed by atoms with Gasteiger partial charge in [0, 0.05) is 24.4 Å². The zero-order valence-corrected chi connectivity index (χ0v) is 23.3. The molecule has 0 unspecified atom stereocenters. The molecule has 1 N–H and O–H groups in total. The highest BCUT2D eigenvalue weighted by Crippen LogP contribution is 2.37. The van der Waals surface area contributed by atoms with Crippen LogP contribution in [0.2, 0.25) is 0 Å². The van der Waals surface area contributed by atoms with Crippen molar-refractivity contribution in [2.24, 2.45) is 5.92 Å². The Hall–Kier alpha value is -4.43. The van der Waals surface area contributed by atoms with Gasteiger partial charge in [-0.2, -0.15) is 0 Å². The first kappa shape index (κ1) is 30.1. The first-order valence-corrected chi connectivity index (χ1v) is 12.9. The summed E-state index contributed by atoms with van der Waals surface area (Å²) in [5.74, 6) is 0.204. The van der Waals surface area contributed by atoms with Gasteiger partial charge in [0.25, 0.3) is 0 Å². The second kappa shape index (κ2) is 14.6. The largest absolute Gasteiger partial charge is 0.496 e. The maximum Gasteiger partial charge on any atom is 0.338 e. The van der Waals surface area contributed by atoms with E-state index in [1.807, 2.05) is 26.0 Å². The minimum absolute atomic E-state index is 0.0748. The second-order valence-corrected chi connectivity index (χ2v) is 9.21. The van der Waals surface area contributed by atoms with Gasteiger partial charge in [0.1, 0.15) is 24.2 Å². The number of carbonyl (C=O) groups is 2. The topological polar surface area (TPSA) is 104 Å². The third-order valence-corrected chi connectivity index (χ3v) is 6.24. The fourth-order valence-corrected chi connectivity index (χ4v) is 4.02. The van der Waals surface area contributed by atoms with Crippen LogP contribution < -0.4 is 9.47 Å². The van der Waals surface area contributed by atoms with Gasteiger partial charge < -0.3 is 24.1 Å². The Kier molecular flexibility index (Phi) is 11.0. The smallest absolute Gasteiger partial charge is 0.338 e. The number of aliphatic hydroxyl groups is 1. The van der Waals surface area contributed by atoms with Crippen LogP contribution in [0.5, 0.6) is 11.5 Å². The van der Waals surface area contributed by atoms with Gasteiger partial charge in [-0.1, -0.05) is 38.6 Å².